The molecule has 0 spiro atoms. The van der Waals surface area contributed by atoms with E-state index in [1.165, 1.54) is 37.7 Å². The Morgan fingerprint density at radius 2 is 1.64 bits per heavy atom. The van der Waals surface area contributed by atoms with E-state index in [0.29, 0.717) is 37.0 Å². The highest BCUT2D eigenvalue weighted by molar-refractivity contribution is 5.95. The molecule has 2 aromatic carbocycles. The Bertz CT molecular complexity index is 784. The molecule has 4 heteroatoms. The van der Waals surface area contributed by atoms with Crippen LogP contribution in [0, 0.1) is 5.92 Å². The number of nitrogens with zero attached hydrogens (tertiary/aromatic N) is 1. The quantitative estimate of drug-likeness (QED) is 0.728. The van der Waals surface area contributed by atoms with Crippen LogP contribution in [0.3, 0.4) is 0 Å². The van der Waals surface area contributed by atoms with Crippen molar-refractivity contribution in [3.63, 3.8) is 0 Å². The second-order valence-corrected chi connectivity index (χ2v) is 7.89. The normalized spacial score (nSPS) is 17.0. The van der Waals surface area contributed by atoms with Gasteiger partial charge in [-0.15, -0.1) is 0 Å². The lowest BCUT2D eigenvalue weighted by Gasteiger charge is -2.30. The minimum absolute atomic E-state index is 0.0741. The van der Waals surface area contributed by atoms with Gasteiger partial charge in [0.15, 0.2) is 11.5 Å². The van der Waals surface area contributed by atoms with E-state index >= 15 is 0 Å². The third-order valence-electron chi connectivity index (χ3n) is 5.70. The van der Waals surface area contributed by atoms with Crippen molar-refractivity contribution in [1.82, 2.24) is 4.90 Å². The van der Waals surface area contributed by atoms with Gasteiger partial charge in [-0.2, -0.15) is 0 Å². The Kier molecular flexibility index (Phi) is 6.15. The highest BCUT2D eigenvalue weighted by Crippen LogP contribution is 2.31. The first-order valence-corrected chi connectivity index (χ1v) is 10.5. The van der Waals surface area contributed by atoms with Crippen molar-refractivity contribution in [2.24, 2.45) is 5.92 Å². The molecule has 1 amide bonds. The summed E-state index contributed by atoms with van der Waals surface area (Å²) in [6, 6.07) is 15.9. The lowest BCUT2D eigenvalue weighted by atomic mass is 9.88. The lowest BCUT2D eigenvalue weighted by Crippen LogP contribution is -2.35. The van der Waals surface area contributed by atoms with Crippen LogP contribution in [0.4, 0.5) is 0 Å². The largest absolute Gasteiger partial charge is 0.490 e. The Labute approximate surface area is 167 Å². The molecular weight excluding hydrogens is 350 g/mol. The van der Waals surface area contributed by atoms with E-state index in [2.05, 4.69) is 12.1 Å². The molecule has 0 saturated heterocycles. The fourth-order valence-corrected chi connectivity index (χ4v) is 4.18. The number of fused-ring (bicyclic) bond motifs is 1. The van der Waals surface area contributed by atoms with Crippen molar-refractivity contribution in [3.8, 4) is 11.5 Å². The van der Waals surface area contributed by atoms with Crippen molar-refractivity contribution < 1.29 is 14.3 Å². The molecule has 1 aliphatic heterocycles. The number of carbonyl (C=O) groups excluding carboxylic acids is 1. The van der Waals surface area contributed by atoms with Gasteiger partial charge in [-0.25, -0.2) is 0 Å². The molecular formula is C24H29NO3. The fraction of sp³-hybridized carbons (Fsp3) is 0.458. The van der Waals surface area contributed by atoms with Crippen molar-refractivity contribution in [2.75, 3.05) is 19.8 Å². The van der Waals surface area contributed by atoms with E-state index in [1.54, 1.807) is 0 Å². The van der Waals surface area contributed by atoms with Crippen molar-refractivity contribution in [1.29, 1.82) is 0 Å². The average molecular weight is 380 g/mol. The summed E-state index contributed by atoms with van der Waals surface area (Å²) >= 11 is 0. The summed E-state index contributed by atoms with van der Waals surface area (Å²) in [4.78, 5) is 15.4. The van der Waals surface area contributed by atoms with E-state index < -0.39 is 0 Å². The number of rotatable bonds is 5. The molecule has 1 aliphatic carbocycles. The molecule has 4 rings (SSSR count). The third-order valence-corrected chi connectivity index (χ3v) is 5.70. The van der Waals surface area contributed by atoms with Gasteiger partial charge in [-0.1, -0.05) is 49.6 Å². The van der Waals surface area contributed by atoms with Gasteiger partial charge >= 0.3 is 0 Å². The van der Waals surface area contributed by atoms with Crippen LogP contribution >= 0.6 is 0 Å². The van der Waals surface area contributed by atoms with Gasteiger partial charge in [0, 0.05) is 25.1 Å². The first-order chi connectivity index (χ1) is 13.8. The Balaban J connectivity index is 1.55. The average Bonchev–Trinajstić information content (AvgIpc) is 2.99. The van der Waals surface area contributed by atoms with E-state index in [9.17, 15) is 4.79 Å². The van der Waals surface area contributed by atoms with Crippen LogP contribution in [0.1, 0.15) is 54.4 Å². The summed E-state index contributed by atoms with van der Waals surface area (Å²) in [6.07, 6.45) is 7.19. The van der Waals surface area contributed by atoms with Crippen LogP contribution in [-0.4, -0.2) is 30.6 Å². The number of carbonyl (C=O) groups is 1. The maximum atomic E-state index is 13.4. The van der Waals surface area contributed by atoms with Gasteiger partial charge in [0.2, 0.25) is 0 Å². The first-order valence-electron chi connectivity index (χ1n) is 10.5. The Morgan fingerprint density at radius 3 is 2.43 bits per heavy atom. The molecule has 1 heterocycles. The number of benzene rings is 2. The SMILES string of the molecule is O=C(c1ccc2c(c1)OCCCO2)N(Cc1ccccc1)CC1CCCCC1. The molecule has 4 nitrogen and oxygen atoms in total. The van der Waals surface area contributed by atoms with Gasteiger partial charge in [0.05, 0.1) is 13.2 Å². The molecule has 0 aromatic heterocycles. The van der Waals surface area contributed by atoms with Crippen LogP contribution in [0.25, 0.3) is 0 Å². The molecule has 0 N–H and O–H groups in total. The third kappa shape index (κ3) is 4.67. The van der Waals surface area contributed by atoms with Crippen molar-refractivity contribution >= 4 is 5.91 Å². The minimum atomic E-state index is 0.0741. The van der Waals surface area contributed by atoms with Crippen molar-refractivity contribution in [2.45, 2.75) is 45.1 Å². The molecule has 148 valence electrons. The molecule has 0 atom stereocenters. The molecule has 1 saturated carbocycles. The number of amides is 1. The van der Waals surface area contributed by atoms with Gasteiger partial charge in [0.25, 0.3) is 5.91 Å². The fourth-order valence-electron chi connectivity index (χ4n) is 4.18. The topological polar surface area (TPSA) is 38.8 Å². The number of hydrogen-bond acceptors (Lipinski definition) is 3. The summed E-state index contributed by atoms with van der Waals surface area (Å²) in [6.45, 7) is 2.75. The zero-order chi connectivity index (χ0) is 19.2. The van der Waals surface area contributed by atoms with E-state index in [4.69, 9.17) is 9.47 Å². The smallest absolute Gasteiger partial charge is 0.254 e. The standard InChI is InChI=1S/C24H29NO3/c26-24(21-12-13-22-23(16-21)28-15-7-14-27-22)25(17-19-8-3-1-4-9-19)18-20-10-5-2-6-11-20/h1,3-4,8-9,12-13,16,20H,2,5-7,10-11,14-15,17-18H2. The summed E-state index contributed by atoms with van der Waals surface area (Å²) in [5, 5.41) is 0. The van der Waals surface area contributed by atoms with Gasteiger partial charge < -0.3 is 14.4 Å². The molecule has 0 radical (unpaired) electrons. The maximum Gasteiger partial charge on any atom is 0.254 e. The van der Waals surface area contributed by atoms with E-state index in [-0.39, 0.29) is 5.91 Å². The predicted octanol–water partition coefficient (Wildman–Crippen LogP) is 5.07. The van der Waals surface area contributed by atoms with Crippen LogP contribution in [0.15, 0.2) is 48.5 Å². The minimum Gasteiger partial charge on any atom is -0.490 e. The maximum absolute atomic E-state index is 13.4. The summed E-state index contributed by atoms with van der Waals surface area (Å²) in [5.74, 6) is 2.09. The zero-order valence-electron chi connectivity index (χ0n) is 16.4. The molecule has 28 heavy (non-hydrogen) atoms. The van der Waals surface area contributed by atoms with Gasteiger partial charge in [0.1, 0.15) is 0 Å². The monoisotopic (exact) mass is 379 g/mol. The van der Waals surface area contributed by atoms with Gasteiger partial charge in [-0.05, 0) is 42.5 Å². The Morgan fingerprint density at radius 1 is 0.893 bits per heavy atom. The van der Waals surface area contributed by atoms with Crippen LogP contribution in [-0.2, 0) is 6.54 Å². The van der Waals surface area contributed by atoms with E-state index in [0.717, 1.165) is 18.7 Å². The summed E-state index contributed by atoms with van der Waals surface area (Å²) < 4.78 is 11.5. The van der Waals surface area contributed by atoms with Crippen molar-refractivity contribution in [3.05, 3.63) is 59.7 Å². The highest BCUT2D eigenvalue weighted by atomic mass is 16.5. The summed E-state index contributed by atoms with van der Waals surface area (Å²) in [7, 11) is 0. The predicted molar refractivity (Wildman–Crippen MR) is 110 cm³/mol. The molecule has 0 bridgehead atoms. The highest BCUT2D eigenvalue weighted by Gasteiger charge is 2.23. The molecule has 0 unspecified atom stereocenters. The number of hydrogen-bond donors (Lipinski definition) is 0. The zero-order valence-corrected chi connectivity index (χ0v) is 16.4. The second-order valence-electron chi connectivity index (χ2n) is 7.89. The number of ether oxygens (including phenoxy) is 2. The lowest BCUT2D eigenvalue weighted by molar-refractivity contribution is 0.0698. The molecule has 2 aliphatic rings. The molecule has 2 aromatic rings. The van der Waals surface area contributed by atoms with Crippen LogP contribution in [0.5, 0.6) is 11.5 Å². The van der Waals surface area contributed by atoms with Crippen LogP contribution in [0.2, 0.25) is 0 Å². The van der Waals surface area contributed by atoms with Gasteiger partial charge in [-0.3, -0.25) is 4.79 Å². The van der Waals surface area contributed by atoms with Crippen LogP contribution < -0.4 is 9.47 Å². The Hall–Kier alpha value is -2.49. The summed E-state index contributed by atoms with van der Waals surface area (Å²) in [5.41, 5.74) is 1.84. The second kappa shape index (κ2) is 9.13. The molecule has 1 fully saturated rings. The first kappa shape index (κ1) is 18.9. The van der Waals surface area contributed by atoms with E-state index in [1.807, 2.05) is 41.3 Å².